The number of amides is 2. The van der Waals surface area contributed by atoms with Crippen molar-refractivity contribution in [3.05, 3.63) is 100 Å². The lowest BCUT2D eigenvalue weighted by atomic mass is 10.2. The Balaban J connectivity index is 1.30. The van der Waals surface area contributed by atoms with E-state index in [0.717, 1.165) is 24.3 Å². The first-order valence-corrected chi connectivity index (χ1v) is 11.4. The second-order valence-electron chi connectivity index (χ2n) is 7.68. The highest BCUT2D eigenvalue weighted by molar-refractivity contribution is 6.37. The molecule has 7 heteroatoms. The number of nitrogens with zero attached hydrogens (tertiary/aromatic N) is 2. The summed E-state index contributed by atoms with van der Waals surface area (Å²) in [6.45, 7) is 2.81. The summed E-state index contributed by atoms with van der Waals surface area (Å²) in [7, 11) is 0. The van der Waals surface area contributed by atoms with Crippen LogP contribution in [0.1, 0.15) is 15.9 Å². The van der Waals surface area contributed by atoms with Crippen molar-refractivity contribution in [1.82, 2.24) is 4.90 Å². The summed E-state index contributed by atoms with van der Waals surface area (Å²) in [4.78, 5) is 29.1. The Morgan fingerprint density at radius 1 is 0.848 bits per heavy atom. The molecule has 1 saturated heterocycles. The highest BCUT2D eigenvalue weighted by atomic mass is 35.5. The molecular formula is C26H23Cl2N3O2. The number of carbonyl (C=O) groups excluding carboxylic acids is 2. The number of hydrogen-bond donors (Lipinski definition) is 1. The molecule has 3 aromatic rings. The maximum absolute atomic E-state index is 12.5. The van der Waals surface area contributed by atoms with Crippen LogP contribution in [-0.2, 0) is 4.79 Å². The smallest absolute Gasteiger partial charge is 0.257 e. The normalized spacial score (nSPS) is 13.9. The predicted octanol–water partition coefficient (Wildman–Crippen LogP) is 5.61. The minimum atomic E-state index is -0.292. The van der Waals surface area contributed by atoms with Crippen molar-refractivity contribution in [3.63, 3.8) is 0 Å². The predicted molar refractivity (Wildman–Crippen MR) is 135 cm³/mol. The van der Waals surface area contributed by atoms with Crippen LogP contribution in [-0.4, -0.2) is 42.9 Å². The minimum Gasteiger partial charge on any atom is -0.368 e. The Labute approximate surface area is 203 Å². The number of benzene rings is 3. The van der Waals surface area contributed by atoms with Gasteiger partial charge in [0.15, 0.2) is 0 Å². The van der Waals surface area contributed by atoms with Gasteiger partial charge in [-0.2, -0.15) is 0 Å². The van der Waals surface area contributed by atoms with Crippen LogP contribution in [0.5, 0.6) is 0 Å². The Bertz CT molecular complexity index is 1160. The average Bonchev–Trinajstić information content (AvgIpc) is 2.84. The third-order valence-electron chi connectivity index (χ3n) is 5.48. The zero-order valence-corrected chi connectivity index (χ0v) is 19.4. The van der Waals surface area contributed by atoms with E-state index in [0.29, 0.717) is 34.4 Å². The quantitative estimate of drug-likeness (QED) is 0.484. The first-order valence-electron chi connectivity index (χ1n) is 10.6. The van der Waals surface area contributed by atoms with Gasteiger partial charge in [0.05, 0.1) is 10.6 Å². The summed E-state index contributed by atoms with van der Waals surface area (Å²) in [6, 6.07) is 22.2. The molecule has 0 bridgehead atoms. The molecule has 1 N–H and O–H groups in total. The van der Waals surface area contributed by atoms with Crippen LogP contribution in [0, 0.1) is 0 Å². The molecule has 0 spiro atoms. The lowest BCUT2D eigenvalue weighted by molar-refractivity contribution is -0.126. The topological polar surface area (TPSA) is 52.7 Å². The van der Waals surface area contributed by atoms with Crippen LogP contribution < -0.4 is 10.2 Å². The molecule has 1 heterocycles. The van der Waals surface area contributed by atoms with E-state index in [1.807, 2.05) is 65.6 Å². The molecule has 5 nitrogen and oxygen atoms in total. The maximum Gasteiger partial charge on any atom is 0.257 e. The molecular weight excluding hydrogens is 457 g/mol. The van der Waals surface area contributed by atoms with E-state index in [2.05, 4.69) is 10.2 Å². The molecule has 4 rings (SSSR count). The molecule has 3 aromatic carbocycles. The molecule has 0 aliphatic carbocycles. The molecule has 0 atom stereocenters. The zero-order chi connectivity index (χ0) is 23.2. The Morgan fingerprint density at radius 2 is 1.55 bits per heavy atom. The van der Waals surface area contributed by atoms with Gasteiger partial charge in [-0.05, 0) is 54.1 Å². The van der Waals surface area contributed by atoms with Crippen molar-refractivity contribution in [2.24, 2.45) is 0 Å². The van der Waals surface area contributed by atoms with Gasteiger partial charge in [0.1, 0.15) is 0 Å². The van der Waals surface area contributed by atoms with Crippen LogP contribution in [0.4, 0.5) is 11.4 Å². The second kappa shape index (κ2) is 10.6. The zero-order valence-electron chi connectivity index (χ0n) is 17.9. The number of rotatable bonds is 5. The summed E-state index contributed by atoms with van der Waals surface area (Å²) in [5.74, 6) is -0.266. The maximum atomic E-state index is 12.5. The lowest BCUT2D eigenvalue weighted by Crippen LogP contribution is -2.48. The van der Waals surface area contributed by atoms with Gasteiger partial charge in [-0.15, -0.1) is 0 Å². The molecule has 168 valence electrons. The van der Waals surface area contributed by atoms with Gasteiger partial charge < -0.3 is 15.1 Å². The number of nitrogens with one attached hydrogen (secondary N) is 1. The van der Waals surface area contributed by atoms with Crippen molar-refractivity contribution >= 4 is 52.5 Å². The molecule has 0 saturated carbocycles. The van der Waals surface area contributed by atoms with Gasteiger partial charge in [-0.25, -0.2) is 0 Å². The fraction of sp³-hybridized carbons (Fsp3) is 0.154. The fourth-order valence-electron chi connectivity index (χ4n) is 3.65. The monoisotopic (exact) mass is 479 g/mol. The summed E-state index contributed by atoms with van der Waals surface area (Å²) < 4.78 is 0. The van der Waals surface area contributed by atoms with Gasteiger partial charge in [0.25, 0.3) is 5.91 Å². The van der Waals surface area contributed by atoms with Crippen LogP contribution in [0.25, 0.3) is 6.08 Å². The first kappa shape index (κ1) is 22.9. The van der Waals surface area contributed by atoms with E-state index in [1.54, 1.807) is 24.3 Å². The second-order valence-corrected chi connectivity index (χ2v) is 8.53. The number of anilines is 2. The molecule has 1 fully saturated rings. The van der Waals surface area contributed by atoms with Crippen molar-refractivity contribution in [1.29, 1.82) is 0 Å². The number of piperazine rings is 1. The van der Waals surface area contributed by atoms with Gasteiger partial charge in [-0.1, -0.05) is 53.5 Å². The number of hydrogen-bond acceptors (Lipinski definition) is 3. The molecule has 0 radical (unpaired) electrons. The van der Waals surface area contributed by atoms with E-state index < -0.39 is 0 Å². The molecule has 1 aliphatic rings. The summed E-state index contributed by atoms with van der Waals surface area (Å²) >= 11 is 12.0. The Morgan fingerprint density at radius 3 is 2.21 bits per heavy atom. The standard InChI is InChI=1S/C26H23Cl2N3O2/c27-20-7-12-23(24(28)18-20)26(33)29-21-8-10-22(11-9-21)30-14-16-31(17-15-30)25(32)13-6-19-4-2-1-3-5-19/h1-13,18H,14-17H2,(H,29,33)/b13-6+. The van der Waals surface area contributed by atoms with Gasteiger partial charge >= 0.3 is 0 Å². The van der Waals surface area contributed by atoms with Crippen LogP contribution >= 0.6 is 23.2 Å². The summed E-state index contributed by atoms with van der Waals surface area (Å²) in [5, 5.41) is 3.64. The summed E-state index contributed by atoms with van der Waals surface area (Å²) in [5.41, 5.74) is 3.10. The van der Waals surface area contributed by atoms with Crippen molar-refractivity contribution in [2.75, 3.05) is 36.4 Å². The minimum absolute atomic E-state index is 0.0254. The lowest BCUT2D eigenvalue weighted by Gasteiger charge is -2.35. The highest BCUT2D eigenvalue weighted by Crippen LogP contribution is 2.24. The number of halogens is 2. The van der Waals surface area contributed by atoms with Gasteiger partial charge in [-0.3, -0.25) is 9.59 Å². The molecule has 2 amide bonds. The average molecular weight is 480 g/mol. The molecule has 33 heavy (non-hydrogen) atoms. The van der Waals surface area contributed by atoms with Crippen molar-refractivity contribution < 1.29 is 9.59 Å². The first-order chi connectivity index (χ1) is 16.0. The van der Waals surface area contributed by atoms with Crippen LogP contribution in [0.3, 0.4) is 0 Å². The van der Waals surface area contributed by atoms with E-state index in [1.165, 1.54) is 0 Å². The van der Waals surface area contributed by atoms with E-state index in [-0.39, 0.29) is 11.8 Å². The van der Waals surface area contributed by atoms with Gasteiger partial charge in [0.2, 0.25) is 5.91 Å². The molecule has 1 aliphatic heterocycles. The van der Waals surface area contributed by atoms with Gasteiger partial charge in [0, 0.05) is 48.7 Å². The Hall–Kier alpha value is -3.28. The largest absolute Gasteiger partial charge is 0.368 e. The van der Waals surface area contributed by atoms with E-state index in [9.17, 15) is 9.59 Å². The fourth-order valence-corrected chi connectivity index (χ4v) is 4.14. The Kier molecular flexibility index (Phi) is 7.33. The van der Waals surface area contributed by atoms with Crippen LogP contribution in [0.2, 0.25) is 10.0 Å². The molecule has 0 aromatic heterocycles. The van der Waals surface area contributed by atoms with Crippen molar-refractivity contribution in [2.45, 2.75) is 0 Å². The SMILES string of the molecule is O=C(Nc1ccc(N2CCN(C(=O)/C=C/c3ccccc3)CC2)cc1)c1ccc(Cl)cc1Cl. The third kappa shape index (κ3) is 5.95. The molecule has 0 unspecified atom stereocenters. The van der Waals surface area contributed by atoms with Crippen molar-refractivity contribution in [3.8, 4) is 0 Å². The van der Waals surface area contributed by atoms with E-state index >= 15 is 0 Å². The van der Waals surface area contributed by atoms with Crippen LogP contribution in [0.15, 0.2) is 78.9 Å². The number of carbonyl (C=O) groups is 2. The summed E-state index contributed by atoms with van der Waals surface area (Å²) in [6.07, 6.45) is 3.48. The third-order valence-corrected chi connectivity index (χ3v) is 6.02. The highest BCUT2D eigenvalue weighted by Gasteiger charge is 2.20. The van der Waals surface area contributed by atoms with E-state index in [4.69, 9.17) is 23.2 Å².